The second-order valence-corrected chi connectivity index (χ2v) is 5.72. The minimum absolute atomic E-state index is 0.0851. The lowest BCUT2D eigenvalue weighted by atomic mass is 9.76. The third kappa shape index (κ3) is 3.30. The van der Waals surface area contributed by atoms with Crippen LogP contribution in [-0.2, 0) is 11.3 Å². The van der Waals surface area contributed by atoms with E-state index in [-0.39, 0.29) is 16.3 Å². The van der Waals surface area contributed by atoms with E-state index < -0.39 is 5.82 Å². The largest absolute Gasteiger partial charge is 0.352 e. The smallest absolute Gasteiger partial charge is 0.226 e. The number of halogens is 2. The molecule has 1 aromatic rings. The van der Waals surface area contributed by atoms with Gasteiger partial charge in [-0.3, -0.25) is 4.79 Å². The first-order valence-electron chi connectivity index (χ1n) is 7.00. The lowest BCUT2D eigenvalue weighted by molar-refractivity contribution is -0.133. The molecule has 1 aliphatic rings. The molecular weight excluding hydrogens is 279 g/mol. The van der Waals surface area contributed by atoms with Crippen LogP contribution in [-0.4, -0.2) is 19.0 Å². The van der Waals surface area contributed by atoms with E-state index in [9.17, 15) is 9.18 Å². The molecule has 0 unspecified atom stereocenters. The number of rotatable bonds is 4. The van der Waals surface area contributed by atoms with Gasteiger partial charge in [0.15, 0.2) is 0 Å². The maximum atomic E-state index is 13.1. The Labute approximate surface area is 123 Å². The van der Waals surface area contributed by atoms with Gasteiger partial charge in [0.1, 0.15) is 5.82 Å². The molecule has 0 aliphatic carbocycles. The van der Waals surface area contributed by atoms with E-state index >= 15 is 0 Å². The molecule has 110 valence electrons. The van der Waals surface area contributed by atoms with Crippen LogP contribution in [0.15, 0.2) is 18.2 Å². The van der Waals surface area contributed by atoms with Crippen LogP contribution >= 0.6 is 11.6 Å². The molecule has 2 N–H and O–H groups in total. The molecule has 3 nitrogen and oxygen atoms in total. The van der Waals surface area contributed by atoms with Crippen LogP contribution < -0.4 is 10.6 Å². The SMILES string of the molecule is CCC1(C(=O)NCc2ccc(F)c(Cl)c2)CCNCC1. The molecular formula is C15H20ClFN2O. The molecule has 1 fully saturated rings. The van der Waals surface area contributed by atoms with Crippen molar-refractivity contribution in [3.63, 3.8) is 0 Å². The Kier molecular flexibility index (Phi) is 5.00. The van der Waals surface area contributed by atoms with Gasteiger partial charge in [-0.15, -0.1) is 0 Å². The number of carbonyl (C=O) groups excluding carboxylic acids is 1. The molecule has 0 atom stereocenters. The van der Waals surface area contributed by atoms with Crippen molar-refractivity contribution >= 4 is 17.5 Å². The van der Waals surface area contributed by atoms with Gasteiger partial charge in [0.05, 0.1) is 10.4 Å². The van der Waals surface area contributed by atoms with Gasteiger partial charge in [-0.05, 0) is 50.0 Å². The third-order valence-corrected chi connectivity index (χ3v) is 4.45. The number of hydrogen-bond acceptors (Lipinski definition) is 2. The molecule has 0 saturated carbocycles. The summed E-state index contributed by atoms with van der Waals surface area (Å²) in [4.78, 5) is 12.4. The van der Waals surface area contributed by atoms with Crippen LogP contribution in [0.1, 0.15) is 31.7 Å². The molecule has 1 aromatic carbocycles. The van der Waals surface area contributed by atoms with Gasteiger partial charge in [-0.25, -0.2) is 4.39 Å². The van der Waals surface area contributed by atoms with E-state index in [1.165, 1.54) is 6.07 Å². The van der Waals surface area contributed by atoms with Crippen LogP contribution in [0.25, 0.3) is 0 Å². The average molecular weight is 299 g/mol. The predicted octanol–water partition coefficient (Wildman–Crippen LogP) is 2.88. The Morgan fingerprint density at radius 3 is 2.75 bits per heavy atom. The van der Waals surface area contributed by atoms with Crippen LogP contribution in [0.5, 0.6) is 0 Å². The van der Waals surface area contributed by atoms with Crippen molar-refractivity contribution in [3.05, 3.63) is 34.6 Å². The molecule has 1 aliphatic heterocycles. The maximum absolute atomic E-state index is 13.1. The van der Waals surface area contributed by atoms with Crippen molar-refractivity contribution in [2.24, 2.45) is 5.41 Å². The van der Waals surface area contributed by atoms with E-state index in [2.05, 4.69) is 17.6 Å². The number of hydrogen-bond donors (Lipinski definition) is 2. The Balaban J connectivity index is 1.98. The molecule has 5 heteroatoms. The van der Waals surface area contributed by atoms with Crippen LogP contribution in [0.2, 0.25) is 5.02 Å². The van der Waals surface area contributed by atoms with E-state index in [4.69, 9.17) is 11.6 Å². The second-order valence-electron chi connectivity index (χ2n) is 5.32. The topological polar surface area (TPSA) is 41.1 Å². The highest BCUT2D eigenvalue weighted by Crippen LogP contribution is 2.32. The summed E-state index contributed by atoms with van der Waals surface area (Å²) in [6.07, 6.45) is 2.56. The lowest BCUT2D eigenvalue weighted by Gasteiger charge is -2.35. The maximum Gasteiger partial charge on any atom is 0.226 e. The zero-order valence-corrected chi connectivity index (χ0v) is 12.4. The normalized spacial score (nSPS) is 17.8. The van der Waals surface area contributed by atoms with E-state index in [0.29, 0.717) is 6.54 Å². The van der Waals surface area contributed by atoms with Crippen LogP contribution in [0.3, 0.4) is 0 Å². The monoisotopic (exact) mass is 298 g/mol. The molecule has 0 bridgehead atoms. The van der Waals surface area contributed by atoms with Gasteiger partial charge in [0, 0.05) is 6.54 Å². The first-order chi connectivity index (χ1) is 9.57. The minimum Gasteiger partial charge on any atom is -0.352 e. The highest BCUT2D eigenvalue weighted by molar-refractivity contribution is 6.30. The first-order valence-corrected chi connectivity index (χ1v) is 7.38. The Hall–Kier alpha value is -1.13. The van der Waals surface area contributed by atoms with Gasteiger partial charge < -0.3 is 10.6 Å². The predicted molar refractivity (Wildman–Crippen MR) is 78.1 cm³/mol. The number of carbonyl (C=O) groups is 1. The Bertz CT molecular complexity index is 487. The zero-order valence-electron chi connectivity index (χ0n) is 11.6. The summed E-state index contributed by atoms with van der Waals surface area (Å²) in [7, 11) is 0. The minimum atomic E-state index is -0.440. The quantitative estimate of drug-likeness (QED) is 0.897. The summed E-state index contributed by atoms with van der Waals surface area (Å²) < 4.78 is 13.1. The molecule has 20 heavy (non-hydrogen) atoms. The summed E-state index contributed by atoms with van der Waals surface area (Å²) in [5, 5.41) is 6.32. The number of benzene rings is 1. The summed E-state index contributed by atoms with van der Waals surface area (Å²) in [5.74, 6) is -0.355. The highest BCUT2D eigenvalue weighted by atomic mass is 35.5. The van der Waals surface area contributed by atoms with Crippen molar-refractivity contribution in [1.29, 1.82) is 0 Å². The van der Waals surface area contributed by atoms with Crippen molar-refractivity contribution in [3.8, 4) is 0 Å². The average Bonchev–Trinajstić information content (AvgIpc) is 2.48. The van der Waals surface area contributed by atoms with Gasteiger partial charge in [0.25, 0.3) is 0 Å². The summed E-state index contributed by atoms with van der Waals surface area (Å²) >= 11 is 5.74. The van der Waals surface area contributed by atoms with E-state index in [1.54, 1.807) is 12.1 Å². The van der Waals surface area contributed by atoms with Crippen molar-refractivity contribution < 1.29 is 9.18 Å². The van der Waals surface area contributed by atoms with Gasteiger partial charge in [0.2, 0.25) is 5.91 Å². The highest BCUT2D eigenvalue weighted by Gasteiger charge is 2.37. The fourth-order valence-corrected chi connectivity index (χ4v) is 2.87. The fourth-order valence-electron chi connectivity index (χ4n) is 2.67. The fraction of sp³-hybridized carbons (Fsp3) is 0.533. The van der Waals surface area contributed by atoms with Gasteiger partial charge in [-0.2, -0.15) is 0 Å². The lowest BCUT2D eigenvalue weighted by Crippen LogP contribution is -2.47. The number of piperidine rings is 1. The molecule has 1 saturated heterocycles. The molecule has 0 radical (unpaired) electrons. The Morgan fingerprint density at radius 2 is 2.15 bits per heavy atom. The van der Waals surface area contributed by atoms with Crippen molar-refractivity contribution in [2.75, 3.05) is 13.1 Å². The third-order valence-electron chi connectivity index (χ3n) is 4.16. The Morgan fingerprint density at radius 1 is 1.45 bits per heavy atom. The standard InChI is InChI=1S/C15H20ClFN2O/c1-2-15(5-7-18-8-6-15)14(20)19-10-11-3-4-13(17)12(16)9-11/h3-4,9,18H,2,5-8,10H2,1H3,(H,19,20). The van der Waals surface area contributed by atoms with Crippen LogP contribution in [0, 0.1) is 11.2 Å². The molecule has 0 aromatic heterocycles. The molecule has 1 heterocycles. The van der Waals surface area contributed by atoms with Gasteiger partial charge in [-0.1, -0.05) is 24.6 Å². The molecule has 2 rings (SSSR count). The second kappa shape index (κ2) is 6.55. The van der Waals surface area contributed by atoms with E-state index in [0.717, 1.165) is 37.9 Å². The van der Waals surface area contributed by atoms with Gasteiger partial charge >= 0.3 is 0 Å². The van der Waals surface area contributed by atoms with Crippen LogP contribution in [0.4, 0.5) is 4.39 Å². The summed E-state index contributed by atoms with van der Waals surface area (Å²) in [6.45, 7) is 4.20. The van der Waals surface area contributed by atoms with Crippen molar-refractivity contribution in [1.82, 2.24) is 10.6 Å². The summed E-state index contributed by atoms with van der Waals surface area (Å²) in [6, 6.07) is 4.52. The van der Waals surface area contributed by atoms with E-state index in [1.807, 2.05) is 0 Å². The number of amides is 1. The zero-order chi connectivity index (χ0) is 14.6. The molecule has 0 spiro atoms. The number of nitrogens with one attached hydrogen (secondary N) is 2. The first kappa shape index (κ1) is 15.3. The molecule has 1 amide bonds. The summed E-state index contributed by atoms with van der Waals surface area (Å²) in [5.41, 5.74) is 0.541. The van der Waals surface area contributed by atoms with Crippen molar-refractivity contribution in [2.45, 2.75) is 32.7 Å².